The van der Waals surface area contributed by atoms with Crippen LogP contribution in [0.25, 0.3) is 5.69 Å². The highest BCUT2D eigenvalue weighted by Crippen LogP contribution is 2.14. The van der Waals surface area contributed by atoms with Gasteiger partial charge in [-0.2, -0.15) is 4.68 Å². The fourth-order valence-corrected chi connectivity index (χ4v) is 1.62. The fraction of sp³-hybridized carbons (Fsp3) is 0.167. The third-order valence-corrected chi connectivity index (χ3v) is 2.62. The van der Waals surface area contributed by atoms with Crippen LogP contribution < -0.4 is 11.1 Å². The molecule has 10 heteroatoms. The molecule has 0 radical (unpaired) electrons. The minimum Gasteiger partial charge on any atom is -0.449 e. The van der Waals surface area contributed by atoms with E-state index >= 15 is 0 Å². The maximum atomic E-state index is 12.2. The Hall–Kier alpha value is -3.30. The van der Waals surface area contributed by atoms with Crippen molar-refractivity contribution in [1.29, 1.82) is 0 Å². The zero-order valence-electron chi connectivity index (χ0n) is 11.5. The third kappa shape index (κ3) is 3.42. The Balaban J connectivity index is 2.17. The van der Waals surface area contributed by atoms with Crippen LogP contribution in [0.1, 0.15) is 17.3 Å². The Bertz CT molecular complexity index is 699. The van der Waals surface area contributed by atoms with Crippen LogP contribution in [0.15, 0.2) is 30.6 Å². The van der Waals surface area contributed by atoms with E-state index in [2.05, 4.69) is 15.5 Å². The van der Waals surface area contributed by atoms with Crippen LogP contribution >= 0.6 is 0 Å². The first-order valence-corrected chi connectivity index (χ1v) is 6.12. The molecule has 0 fully saturated rings. The quantitative estimate of drug-likeness (QED) is 0.718. The van der Waals surface area contributed by atoms with Crippen molar-refractivity contribution >= 4 is 17.9 Å². The van der Waals surface area contributed by atoms with E-state index in [1.54, 1.807) is 18.2 Å². The number of nitrogens with two attached hydrogens (primary N) is 1. The van der Waals surface area contributed by atoms with Crippen molar-refractivity contribution in [1.82, 2.24) is 25.5 Å². The minimum absolute atomic E-state index is 0.161. The number of hydrogen-bond acceptors (Lipinski definition) is 7. The summed E-state index contributed by atoms with van der Waals surface area (Å²) in [6, 6.07) is 5.40. The Morgan fingerprint density at radius 2 is 2.05 bits per heavy atom. The number of aromatic nitrogens is 4. The van der Waals surface area contributed by atoms with Crippen LogP contribution in [-0.2, 0) is 9.53 Å². The van der Waals surface area contributed by atoms with Crippen LogP contribution in [0, 0.1) is 0 Å². The molecule has 1 atom stereocenters. The largest absolute Gasteiger partial charge is 0.449 e. The average Bonchev–Trinajstić information content (AvgIpc) is 3.00. The Kier molecular flexibility index (Phi) is 4.41. The number of nitrogens with zero attached hydrogens (tertiary/aromatic N) is 4. The van der Waals surface area contributed by atoms with Gasteiger partial charge >= 0.3 is 12.0 Å². The van der Waals surface area contributed by atoms with E-state index in [0.717, 1.165) is 0 Å². The SMILES string of the molecule is C[C@H](OC(=O)c1ccccc1-n1cnnn1)C(=O)NC(N)=O. The monoisotopic (exact) mass is 304 g/mol. The number of imide groups is 1. The lowest BCUT2D eigenvalue weighted by atomic mass is 10.2. The molecule has 1 aromatic carbocycles. The van der Waals surface area contributed by atoms with Crippen molar-refractivity contribution in [2.24, 2.45) is 5.73 Å². The van der Waals surface area contributed by atoms with Gasteiger partial charge in [0.15, 0.2) is 6.10 Å². The molecule has 2 rings (SSSR count). The number of tetrazole rings is 1. The van der Waals surface area contributed by atoms with Gasteiger partial charge in [0.25, 0.3) is 5.91 Å². The second-order valence-corrected chi connectivity index (χ2v) is 4.17. The maximum Gasteiger partial charge on any atom is 0.341 e. The van der Waals surface area contributed by atoms with E-state index in [0.29, 0.717) is 5.69 Å². The Morgan fingerprint density at radius 1 is 1.32 bits per heavy atom. The molecule has 0 spiro atoms. The first-order chi connectivity index (χ1) is 10.5. The molecule has 0 unspecified atom stereocenters. The first kappa shape index (κ1) is 15.1. The summed E-state index contributed by atoms with van der Waals surface area (Å²) >= 11 is 0. The first-order valence-electron chi connectivity index (χ1n) is 6.12. The van der Waals surface area contributed by atoms with Crippen LogP contribution in [0.2, 0.25) is 0 Å². The molecular formula is C12H12N6O4. The number of benzene rings is 1. The minimum atomic E-state index is -1.19. The molecule has 3 N–H and O–H groups in total. The molecular weight excluding hydrogens is 292 g/mol. The summed E-state index contributed by atoms with van der Waals surface area (Å²) < 4.78 is 6.28. The van der Waals surface area contributed by atoms with Crippen LogP contribution in [0.4, 0.5) is 4.79 Å². The van der Waals surface area contributed by atoms with E-state index in [9.17, 15) is 14.4 Å². The predicted molar refractivity (Wildman–Crippen MR) is 71.8 cm³/mol. The molecule has 10 nitrogen and oxygen atoms in total. The average molecular weight is 304 g/mol. The van der Waals surface area contributed by atoms with Gasteiger partial charge in [-0.25, -0.2) is 9.59 Å². The number of para-hydroxylation sites is 1. The lowest BCUT2D eigenvalue weighted by Gasteiger charge is -2.13. The van der Waals surface area contributed by atoms with Gasteiger partial charge in [-0.05, 0) is 29.5 Å². The predicted octanol–water partition coefficient (Wildman–Crippen LogP) is -0.597. The van der Waals surface area contributed by atoms with E-state index < -0.39 is 24.0 Å². The van der Waals surface area contributed by atoms with Crippen LogP contribution in [0.5, 0.6) is 0 Å². The molecule has 3 amide bonds. The highest BCUT2D eigenvalue weighted by molar-refractivity contribution is 5.99. The summed E-state index contributed by atoms with van der Waals surface area (Å²) in [7, 11) is 0. The number of amides is 3. The van der Waals surface area contributed by atoms with Gasteiger partial charge in [0.2, 0.25) is 0 Å². The highest BCUT2D eigenvalue weighted by Gasteiger charge is 2.22. The second kappa shape index (κ2) is 6.43. The molecule has 22 heavy (non-hydrogen) atoms. The molecule has 0 saturated carbocycles. The van der Waals surface area contributed by atoms with Crippen molar-refractivity contribution in [3.8, 4) is 5.69 Å². The molecule has 0 aliphatic carbocycles. The van der Waals surface area contributed by atoms with Crippen molar-refractivity contribution < 1.29 is 19.1 Å². The number of carbonyl (C=O) groups excluding carboxylic acids is 3. The summed E-state index contributed by atoms with van der Waals surface area (Å²) in [4.78, 5) is 34.3. The smallest absolute Gasteiger partial charge is 0.341 e. The molecule has 114 valence electrons. The van der Waals surface area contributed by atoms with Crippen LogP contribution in [0.3, 0.4) is 0 Å². The van der Waals surface area contributed by atoms with Gasteiger partial charge in [0.05, 0.1) is 11.3 Å². The molecule has 0 aliphatic rings. The summed E-state index contributed by atoms with van der Waals surface area (Å²) in [5.41, 5.74) is 5.37. The number of nitrogens with one attached hydrogen (secondary N) is 1. The number of urea groups is 1. The second-order valence-electron chi connectivity index (χ2n) is 4.17. The Morgan fingerprint density at radius 3 is 2.68 bits per heavy atom. The fourth-order valence-electron chi connectivity index (χ4n) is 1.62. The van der Waals surface area contributed by atoms with E-state index in [-0.39, 0.29) is 5.56 Å². The number of rotatable bonds is 4. The molecule has 1 heterocycles. The van der Waals surface area contributed by atoms with Crippen molar-refractivity contribution in [3.05, 3.63) is 36.2 Å². The van der Waals surface area contributed by atoms with Gasteiger partial charge in [0.1, 0.15) is 6.33 Å². The normalized spacial score (nSPS) is 11.5. The maximum absolute atomic E-state index is 12.2. The molecule has 0 bridgehead atoms. The van der Waals surface area contributed by atoms with Gasteiger partial charge < -0.3 is 10.5 Å². The third-order valence-electron chi connectivity index (χ3n) is 2.62. The molecule has 0 saturated heterocycles. The van der Waals surface area contributed by atoms with Crippen molar-refractivity contribution in [3.63, 3.8) is 0 Å². The van der Waals surface area contributed by atoms with Crippen LogP contribution in [-0.4, -0.2) is 44.2 Å². The van der Waals surface area contributed by atoms with Gasteiger partial charge in [-0.1, -0.05) is 12.1 Å². The number of hydrogen-bond donors (Lipinski definition) is 2. The summed E-state index contributed by atoms with van der Waals surface area (Å²) in [5, 5.41) is 12.5. The standard InChI is InChI=1S/C12H12N6O4/c1-7(10(19)15-12(13)21)22-11(20)8-4-2-3-5-9(8)18-6-14-16-17-18/h2-7H,1H3,(H3,13,15,19,21)/t7-/m0/s1. The van der Waals surface area contributed by atoms with Crippen molar-refractivity contribution in [2.45, 2.75) is 13.0 Å². The zero-order chi connectivity index (χ0) is 16.1. The van der Waals surface area contributed by atoms with Crippen molar-refractivity contribution in [2.75, 3.05) is 0 Å². The Labute approximate surface area is 124 Å². The summed E-state index contributed by atoms with van der Waals surface area (Å²) in [6.45, 7) is 1.32. The number of primary amides is 1. The van der Waals surface area contributed by atoms with Gasteiger partial charge in [-0.3, -0.25) is 10.1 Å². The lowest BCUT2D eigenvalue weighted by molar-refractivity contribution is -0.127. The highest BCUT2D eigenvalue weighted by atomic mass is 16.5. The van der Waals surface area contributed by atoms with Gasteiger partial charge in [-0.15, -0.1) is 5.10 Å². The number of carbonyl (C=O) groups is 3. The molecule has 2 aromatic rings. The topological polar surface area (TPSA) is 142 Å². The summed E-state index contributed by atoms with van der Waals surface area (Å²) in [5.74, 6) is -1.58. The van der Waals surface area contributed by atoms with E-state index in [1.165, 1.54) is 24.0 Å². The lowest BCUT2D eigenvalue weighted by Crippen LogP contribution is -2.42. The van der Waals surface area contributed by atoms with Gasteiger partial charge in [0, 0.05) is 0 Å². The number of ether oxygens (including phenoxy) is 1. The summed E-state index contributed by atoms with van der Waals surface area (Å²) in [6.07, 6.45) is 0.122. The van der Waals surface area contributed by atoms with E-state index in [1.807, 2.05) is 5.32 Å². The zero-order valence-corrected chi connectivity index (χ0v) is 11.5. The number of esters is 1. The molecule has 0 aliphatic heterocycles. The van der Waals surface area contributed by atoms with E-state index in [4.69, 9.17) is 10.5 Å². The molecule has 1 aromatic heterocycles.